The van der Waals surface area contributed by atoms with Crippen LogP contribution in [0.4, 0.5) is 3.89 Å². The first-order chi connectivity index (χ1) is 4.87. The lowest BCUT2D eigenvalue weighted by Crippen LogP contribution is -2.09. The van der Waals surface area contributed by atoms with E-state index >= 15 is 0 Å². The summed E-state index contributed by atoms with van der Waals surface area (Å²) in [6, 6.07) is 0. The van der Waals surface area contributed by atoms with Crippen molar-refractivity contribution < 1.29 is 12.3 Å². The molecule has 0 bridgehead atoms. The van der Waals surface area contributed by atoms with Gasteiger partial charge in [0.15, 0.2) is 0 Å². The van der Waals surface area contributed by atoms with Crippen molar-refractivity contribution in [1.29, 1.82) is 0 Å². The molecule has 4 heteroatoms. The first kappa shape index (κ1) is 10.6. The second-order valence-electron chi connectivity index (χ2n) is 2.64. The summed E-state index contributed by atoms with van der Waals surface area (Å²) in [5, 5.41) is 0. The molecule has 0 spiro atoms. The minimum absolute atomic E-state index is 0.227. The van der Waals surface area contributed by atoms with E-state index in [9.17, 15) is 12.3 Å². The molecule has 1 atom stereocenters. The van der Waals surface area contributed by atoms with Gasteiger partial charge in [-0.3, -0.25) is 0 Å². The Morgan fingerprint density at radius 3 is 2.36 bits per heavy atom. The predicted molar refractivity (Wildman–Crippen MR) is 43.5 cm³/mol. The highest BCUT2D eigenvalue weighted by Crippen LogP contribution is 2.12. The van der Waals surface area contributed by atoms with E-state index in [1.165, 1.54) is 0 Å². The molecular formula is C7H13FO2S. The summed E-state index contributed by atoms with van der Waals surface area (Å²) < 4.78 is 32.4. The Morgan fingerprint density at radius 1 is 1.64 bits per heavy atom. The molecule has 0 amide bonds. The van der Waals surface area contributed by atoms with E-state index in [1.54, 1.807) is 26.8 Å². The third-order valence-corrected chi connectivity index (χ3v) is 2.58. The van der Waals surface area contributed by atoms with Crippen LogP contribution in [0.1, 0.15) is 20.8 Å². The molecule has 0 saturated carbocycles. The molecule has 0 aliphatic heterocycles. The van der Waals surface area contributed by atoms with E-state index in [2.05, 4.69) is 0 Å². The quantitative estimate of drug-likeness (QED) is 0.491. The highest BCUT2D eigenvalue weighted by atomic mass is 32.3. The SMILES string of the molecule is C/C=C(/C)C(C)CS(=O)(=O)F. The van der Waals surface area contributed by atoms with E-state index in [0.29, 0.717) is 0 Å². The van der Waals surface area contributed by atoms with Gasteiger partial charge in [-0.05, 0) is 19.8 Å². The molecule has 2 nitrogen and oxygen atoms in total. The van der Waals surface area contributed by atoms with Crippen molar-refractivity contribution in [2.45, 2.75) is 20.8 Å². The molecule has 0 fully saturated rings. The Labute approximate surface area is 67.3 Å². The summed E-state index contributed by atoms with van der Waals surface area (Å²) >= 11 is 0. The van der Waals surface area contributed by atoms with Crippen LogP contribution < -0.4 is 0 Å². The Hall–Kier alpha value is -0.380. The lowest BCUT2D eigenvalue weighted by Gasteiger charge is -2.07. The van der Waals surface area contributed by atoms with Crippen molar-refractivity contribution in [3.63, 3.8) is 0 Å². The molecule has 0 saturated heterocycles. The Balaban J connectivity index is 4.21. The third-order valence-electron chi connectivity index (χ3n) is 1.68. The van der Waals surface area contributed by atoms with Gasteiger partial charge in [-0.2, -0.15) is 8.42 Å². The molecule has 0 aromatic heterocycles. The fourth-order valence-electron chi connectivity index (χ4n) is 0.715. The van der Waals surface area contributed by atoms with Crippen LogP contribution >= 0.6 is 0 Å². The van der Waals surface area contributed by atoms with Gasteiger partial charge in [0.25, 0.3) is 0 Å². The van der Waals surface area contributed by atoms with Gasteiger partial charge < -0.3 is 0 Å². The minimum Gasteiger partial charge on any atom is -0.195 e. The van der Waals surface area contributed by atoms with Crippen LogP contribution in [0, 0.1) is 5.92 Å². The highest BCUT2D eigenvalue weighted by Gasteiger charge is 2.14. The summed E-state index contributed by atoms with van der Waals surface area (Å²) in [6.07, 6.45) is 1.79. The van der Waals surface area contributed by atoms with Crippen LogP contribution in [-0.4, -0.2) is 14.2 Å². The van der Waals surface area contributed by atoms with Gasteiger partial charge in [0.05, 0.1) is 5.75 Å². The first-order valence-electron chi connectivity index (χ1n) is 3.42. The van der Waals surface area contributed by atoms with Gasteiger partial charge in [0.2, 0.25) is 0 Å². The molecule has 1 unspecified atom stereocenters. The molecule has 0 aromatic rings. The third kappa shape index (κ3) is 4.95. The van der Waals surface area contributed by atoms with Crippen LogP contribution in [0.25, 0.3) is 0 Å². The van der Waals surface area contributed by atoms with Gasteiger partial charge in [-0.25, -0.2) is 0 Å². The molecule has 0 N–H and O–H groups in total. The highest BCUT2D eigenvalue weighted by molar-refractivity contribution is 7.86. The molecule has 0 aliphatic carbocycles. The zero-order chi connectivity index (χ0) is 9.07. The summed E-state index contributed by atoms with van der Waals surface area (Å²) in [5.41, 5.74) is 0.895. The van der Waals surface area contributed by atoms with Crippen LogP contribution in [0.2, 0.25) is 0 Å². The second kappa shape index (κ2) is 3.85. The van der Waals surface area contributed by atoms with Crippen LogP contribution in [0.15, 0.2) is 11.6 Å². The van der Waals surface area contributed by atoms with Gasteiger partial charge in [0, 0.05) is 0 Å². The van der Waals surface area contributed by atoms with Crippen molar-refractivity contribution in [2.24, 2.45) is 5.92 Å². The summed E-state index contributed by atoms with van der Waals surface area (Å²) in [4.78, 5) is 0. The minimum atomic E-state index is -4.32. The maximum atomic E-state index is 12.1. The number of rotatable bonds is 3. The van der Waals surface area contributed by atoms with Crippen molar-refractivity contribution in [2.75, 3.05) is 5.75 Å². The number of allylic oxidation sites excluding steroid dienone is 2. The van der Waals surface area contributed by atoms with Crippen molar-refractivity contribution in [3.8, 4) is 0 Å². The Bertz CT molecular complexity index is 241. The molecule has 0 radical (unpaired) electrons. The maximum absolute atomic E-state index is 12.1. The topological polar surface area (TPSA) is 34.1 Å². The molecule has 11 heavy (non-hydrogen) atoms. The second-order valence-corrected chi connectivity index (χ2v) is 4.05. The van der Waals surface area contributed by atoms with E-state index in [0.717, 1.165) is 5.57 Å². The lowest BCUT2D eigenvalue weighted by molar-refractivity contribution is 0.541. The van der Waals surface area contributed by atoms with E-state index in [4.69, 9.17) is 0 Å². The molecule has 66 valence electrons. The average Bonchev–Trinajstić information content (AvgIpc) is 1.82. The fourth-order valence-corrected chi connectivity index (χ4v) is 1.57. The smallest absolute Gasteiger partial charge is 0.195 e. The normalized spacial score (nSPS) is 16.5. The van der Waals surface area contributed by atoms with E-state index in [-0.39, 0.29) is 5.92 Å². The van der Waals surface area contributed by atoms with Crippen molar-refractivity contribution in [3.05, 3.63) is 11.6 Å². The molecular weight excluding hydrogens is 167 g/mol. The van der Waals surface area contributed by atoms with Crippen molar-refractivity contribution in [1.82, 2.24) is 0 Å². The molecule has 0 aromatic carbocycles. The monoisotopic (exact) mass is 180 g/mol. The average molecular weight is 180 g/mol. The Morgan fingerprint density at radius 2 is 2.09 bits per heavy atom. The van der Waals surface area contributed by atoms with Crippen LogP contribution in [-0.2, 0) is 10.2 Å². The zero-order valence-corrected chi connectivity index (χ0v) is 7.78. The summed E-state index contributed by atoms with van der Waals surface area (Å²) in [7, 11) is -4.32. The van der Waals surface area contributed by atoms with Crippen LogP contribution in [0.3, 0.4) is 0 Å². The standard InChI is InChI=1S/C7H13FO2S/c1-4-6(2)7(3)5-11(8,9)10/h4,7H,5H2,1-3H3/b6-4-. The first-order valence-corrected chi connectivity index (χ1v) is 4.97. The zero-order valence-electron chi connectivity index (χ0n) is 6.96. The number of hydrogen-bond donors (Lipinski definition) is 0. The summed E-state index contributed by atoms with van der Waals surface area (Å²) in [5.74, 6) is -0.640. The molecule has 0 heterocycles. The van der Waals surface area contributed by atoms with E-state index in [1.807, 2.05) is 0 Å². The van der Waals surface area contributed by atoms with Gasteiger partial charge >= 0.3 is 10.2 Å². The Kier molecular flexibility index (Phi) is 3.72. The lowest BCUT2D eigenvalue weighted by atomic mass is 10.1. The number of hydrogen-bond acceptors (Lipinski definition) is 2. The van der Waals surface area contributed by atoms with Crippen molar-refractivity contribution >= 4 is 10.2 Å². The van der Waals surface area contributed by atoms with Gasteiger partial charge in [-0.1, -0.05) is 18.6 Å². The van der Waals surface area contributed by atoms with Gasteiger partial charge in [0.1, 0.15) is 0 Å². The molecule has 0 rings (SSSR count). The van der Waals surface area contributed by atoms with E-state index < -0.39 is 16.0 Å². The molecule has 0 aliphatic rings. The number of halogens is 1. The predicted octanol–water partition coefficient (Wildman–Crippen LogP) is 1.89. The maximum Gasteiger partial charge on any atom is 0.302 e. The largest absolute Gasteiger partial charge is 0.302 e. The van der Waals surface area contributed by atoms with Gasteiger partial charge in [-0.15, -0.1) is 3.89 Å². The summed E-state index contributed by atoms with van der Waals surface area (Å²) in [6.45, 7) is 5.28. The van der Waals surface area contributed by atoms with Crippen LogP contribution in [0.5, 0.6) is 0 Å². The fraction of sp³-hybridized carbons (Fsp3) is 0.714.